The summed E-state index contributed by atoms with van der Waals surface area (Å²) in [5, 5.41) is 26.0. The summed E-state index contributed by atoms with van der Waals surface area (Å²) >= 11 is 0. The first-order valence-electron chi connectivity index (χ1n) is 7.71. The van der Waals surface area contributed by atoms with E-state index in [4.69, 9.17) is 19.1 Å². The van der Waals surface area contributed by atoms with E-state index in [1.165, 1.54) is 0 Å². The molecule has 8 heteroatoms. The minimum atomic E-state index is -0.395. The van der Waals surface area contributed by atoms with E-state index in [1.807, 2.05) is 13.8 Å². The van der Waals surface area contributed by atoms with Gasteiger partial charge in [-0.15, -0.1) is 20.4 Å². The number of rotatable bonds is 2. The number of nitrogens with zero attached hydrogens (tertiary/aromatic N) is 6. The number of hydrogen-bond acceptors (Lipinski definition) is 8. The molecule has 22 heavy (non-hydrogen) atoms. The van der Waals surface area contributed by atoms with E-state index in [2.05, 4.69) is 20.4 Å². The molecule has 2 aromatic rings. The maximum absolute atomic E-state index is 5.75. The fourth-order valence-corrected chi connectivity index (χ4v) is 4.98. The molecule has 2 aromatic heterocycles. The Morgan fingerprint density at radius 1 is 0.727 bits per heavy atom. The zero-order valence-electron chi connectivity index (χ0n) is 12.2. The van der Waals surface area contributed by atoms with Crippen LogP contribution in [-0.2, 0) is 11.1 Å². The molecule has 0 saturated heterocycles. The van der Waals surface area contributed by atoms with Crippen LogP contribution in [0.15, 0.2) is 19.1 Å². The van der Waals surface area contributed by atoms with Crippen LogP contribution in [0.5, 0.6) is 0 Å². The average molecular weight is 298 g/mol. The van der Waals surface area contributed by atoms with Gasteiger partial charge in [-0.05, 0) is 12.8 Å². The van der Waals surface area contributed by atoms with E-state index < -0.39 is 11.1 Å². The number of azo groups is 1. The van der Waals surface area contributed by atoms with Gasteiger partial charge in [0.1, 0.15) is 0 Å². The first-order valence-corrected chi connectivity index (χ1v) is 7.71. The van der Waals surface area contributed by atoms with Crippen molar-refractivity contribution in [1.29, 1.82) is 0 Å². The predicted molar refractivity (Wildman–Crippen MR) is 69.5 cm³/mol. The van der Waals surface area contributed by atoms with E-state index in [0.29, 0.717) is 47.2 Å². The van der Waals surface area contributed by atoms with Crippen LogP contribution < -0.4 is 0 Å². The van der Waals surface area contributed by atoms with Gasteiger partial charge in [0, 0.05) is 37.5 Å². The quantitative estimate of drug-likeness (QED) is 0.839. The lowest BCUT2D eigenvalue weighted by atomic mass is 9.71. The van der Waals surface area contributed by atoms with Gasteiger partial charge in [0.15, 0.2) is 11.1 Å². The van der Waals surface area contributed by atoms with Gasteiger partial charge in [-0.2, -0.15) is 10.2 Å². The highest BCUT2D eigenvalue weighted by atomic mass is 16.4. The summed E-state index contributed by atoms with van der Waals surface area (Å²) in [5.74, 6) is 4.07. The molecule has 7 rings (SSSR count). The van der Waals surface area contributed by atoms with E-state index >= 15 is 0 Å². The second-order valence-electron chi connectivity index (χ2n) is 7.00. The van der Waals surface area contributed by atoms with Gasteiger partial charge < -0.3 is 8.83 Å². The van der Waals surface area contributed by atoms with E-state index in [1.54, 1.807) is 0 Å². The fraction of sp³-hybridized carbons (Fsp3) is 0.714. The minimum Gasteiger partial charge on any atom is -0.423 e. The summed E-state index contributed by atoms with van der Waals surface area (Å²) in [6.07, 6.45) is 2.12. The summed E-state index contributed by atoms with van der Waals surface area (Å²) in [5.41, 5.74) is -0.791. The van der Waals surface area contributed by atoms with Crippen LogP contribution in [0.25, 0.3) is 0 Å². The lowest BCUT2D eigenvalue weighted by molar-refractivity contribution is 0.0693. The molecule has 8 nitrogen and oxygen atoms in total. The standard InChI is InChI=1S/C14H14N6O2/c1-5-15-17-11(21-5)13-7-3-9(7)14(20-19-13,10-4-8(10)13)12-18-16-6(2)22-12/h7-10H,3-4H2,1-2H3/t7-,8+,9+,10-,13?,14?. The van der Waals surface area contributed by atoms with Crippen molar-refractivity contribution < 1.29 is 8.83 Å². The van der Waals surface area contributed by atoms with E-state index in [-0.39, 0.29) is 0 Å². The molecule has 3 saturated carbocycles. The largest absolute Gasteiger partial charge is 0.423 e. The van der Waals surface area contributed by atoms with Crippen molar-refractivity contribution in [2.24, 2.45) is 33.9 Å². The number of aryl methyl sites for hydroxylation is 2. The highest BCUT2D eigenvalue weighted by Gasteiger charge is 2.84. The van der Waals surface area contributed by atoms with Crippen LogP contribution in [0.2, 0.25) is 0 Å². The molecule has 0 spiro atoms. The van der Waals surface area contributed by atoms with E-state index in [9.17, 15) is 0 Å². The summed E-state index contributed by atoms with van der Waals surface area (Å²) in [4.78, 5) is 0. The van der Waals surface area contributed by atoms with Gasteiger partial charge >= 0.3 is 0 Å². The van der Waals surface area contributed by atoms with Crippen molar-refractivity contribution in [2.75, 3.05) is 0 Å². The molecule has 112 valence electrons. The van der Waals surface area contributed by atoms with Crippen molar-refractivity contribution in [1.82, 2.24) is 20.4 Å². The van der Waals surface area contributed by atoms with Crippen LogP contribution in [0.1, 0.15) is 36.4 Å². The fourth-order valence-electron chi connectivity index (χ4n) is 4.98. The number of aromatic nitrogens is 4. The first-order chi connectivity index (χ1) is 10.7. The molecule has 0 N–H and O–H groups in total. The van der Waals surface area contributed by atoms with Gasteiger partial charge in [0.2, 0.25) is 23.6 Å². The molecule has 4 heterocycles. The smallest absolute Gasteiger partial charge is 0.246 e. The molecule has 3 aliphatic carbocycles. The SMILES string of the molecule is Cc1nnc(C23N=NC(c4nnc(C)o4)([C@@H]4C[C@@H]42)[C@H]2C[C@H]23)o1. The van der Waals surface area contributed by atoms with Gasteiger partial charge in [0.05, 0.1) is 0 Å². The van der Waals surface area contributed by atoms with Crippen molar-refractivity contribution in [3.8, 4) is 0 Å². The third-order valence-corrected chi connectivity index (χ3v) is 5.96. The Morgan fingerprint density at radius 3 is 1.45 bits per heavy atom. The molecule has 2 aliphatic heterocycles. The molecular weight excluding hydrogens is 284 g/mol. The second-order valence-corrected chi connectivity index (χ2v) is 7.00. The second kappa shape index (κ2) is 3.13. The summed E-state index contributed by atoms with van der Waals surface area (Å²) in [6.45, 7) is 3.63. The zero-order valence-corrected chi connectivity index (χ0v) is 12.2. The molecule has 0 aromatic carbocycles. The van der Waals surface area contributed by atoms with Gasteiger partial charge in [-0.25, -0.2) is 0 Å². The Hall–Kier alpha value is -2.12. The summed E-state index contributed by atoms with van der Waals surface area (Å²) in [6, 6.07) is 0. The predicted octanol–water partition coefficient (Wildman–Crippen LogP) is 1.91. The molecular formula is C14H14N6O2. The zero-order chi connectivity index (χ0) is 14.7. The molecule has 5 aliphatic rings. The molecule has 2 unspecified atom stereocenters. The normalized spacial score (nSPS) is 46.5. The first kappa shape index (κ1) is 11.4. The summed E-state index contributed by atoms with van der Waals surface area (Å²) in [7, 11) is 0. The average Bonchev–Trinajstić information content (AvgIpc) is 3.40. The summed E-state index contributed by atoms with van der Waals surface area (Å²) < 4.78 is 11.5. The topological polar surface area (TPSA) is 103 Å². The van der Waals surface area contributed by atoms with Gasteiger partial charge in [0.25, 0.3) is 0 Å². The molecule has 0 radical (unpaired) electrons. The molecule has 6 atom stereocenters. The van der Waals surface area contributed by atoms with Gasteiger partial charge in [-0.1, -0.05) is 0 Å². The number of hydrogen-bond donors (Lipinski definition) is 0. The Morgan fingerprint density at radius 2 is 1.14 bits per heavy atom. The Balaban J connectivity index is 1.56. The van der Waals surface area contributed by atoms with Crippen LogP contribution in [-0.4, -0.2) is 20.4 Å². The van der Waals surface area contributed by atoms with E-state index in [0.717, 1.165) is 12.8 Å². The van der Waals surface area contributed by atoms with Crippen LogP contribution in [0, 0.1) is 37.5 Å². The minimum absolute atomic E-state index is 0.395. The van der Waals surface area contributed by atoms with Gasteiger partial charge in [-0.3, -0.25) is 0 Å². The third-order valence-electron chi connectivity index (χ3n) is 5.96. The van der Waals surface area contributed by atoms with Crippen molar-refractivity contribution in [3.05, 3.63) is 23.6 Å². The van der Waals surface area contributed by atoms with Crippen molar-refractivity contribution in [2.45, 2.75) is 37.8 Å². The van der Waals surface area contributed by atoms with Crippen LogP contribution >= 0.6 is 0 Å². The highest BCUT2D eigenvalue weighted by molar-refractivity contribution is 5.37. The Kier molecular flexibility index (Phi) is 1.63. The highest BCUT2D eigenvalue weighted by Crippen LogP contribution is 2.81. The maximum Gasteiger partial charge on any atom is 0.246 e. The lowest BCUT2D eigenvalue weighted by Gasteiger charge is -2.41. The Labute approximate surface area is 125 Å². The maximum atomic E-state index is 5.75. The molecule has 2 bridgehead atoms. The lowest BCUT2D eigenvalue weighted by Crippen LogP contribution is -2.47. The third kappa shape index (κ3) is 1.01. The molecule has 0 amide bonds. The molecule has 3 fully saturated rings. The van der Waals surface area contributed by atoms with Crippen molar-refractivity contribution >= 4 is 0 Å². The van der Waals surface area contributed by atoms with Crippen LogP contribution in [0.3, 0.4) is 0 Å². The Bertz CT molecular complexity index is 754. The monoisotopic (exact) mass is 298 g/mol. The van der Waals surface area contributed by atoms with Crippen molar-refractivity contribution in [3.63, 3.8) is 0 Å². The van der Waals surface area contributed by atoms with Crippen LogP contribution in [0.4, 0.5) is 0 Å².